The molecule has 0 radical (unpaired) electrons. The van der Waals surface area contributed by atoms with Crippen molar-refractivity contribution in [2.75, 3.05) is 31.7 Å². The molecule has 4 N–H and O–H groups in total. The first-order valence-electron chi connectivity index (χ1n) is 15.3. The van der Waals surface area contributed by atoms with Crippen molar-refractivity contribution in [3.8, 4) is 0 Å². The average Bonchev–Trinajstić information content (AvgIpc) is 3.80. The normalized spacial score (nSPS) is 32.4. The number of anilines is 1. The van der Waals surface area contributed by atoms with E-state index in [1.807, 2.05) is 6.20 Å². The molecular weight excluding hydrogens is 659 g/mol. The number of fused-ring (bicyclic) bond motifs is 4. The van der Waals surface area contributed by atoms with Gasteiger partial charge in [-0.15, -0.1) is 0 Å². The Morgan fingerprint density at radius 3 is 2.75 bits per heavy atom. The molecule has 0 saturated carbocycles. The number of ether oxygens (including phenoxy) is 4. The highest BCUT2D eigenvalue weighted by molar-refractivity contribution is 7.47. The number of hydrogen-bond acceptors (Lipinski definition) is 16. The van der Waals surface area contributed by atoms with E-state index < -0.39 is 75.7 Å². The summed E-state index contributed by atoms with van der Waals surface area (Å²) in [6, 6.07) is 0. The smallest absolute Gasteiger partial charge is 0.431 e. The fraction of sp³-hybridized carbons (Fsp3) is 0.556. The van der Waals surface area contributed by atoms with E-state index in [2.05, 4.69) is 25.3 Å². The number of carbonyl (C=O) groups excluding carboxylic acids is 1. The molecule has 0 aromatic carbocycles. The second-order valence-electron chi connectivity index (χ2n) is 11.8. The molecule has 8 rings (SSSR count). The monoisotopic (exact) mass is 690 g/mol. The highest BCUT2D eigenvalue weighted by Crippen LogP contribution is 2.50. The summed E-state index contributed by atoms with van der Waals surface area (Å²) in [7, 11) is -4.80. The Morgan fingerprint density at radius 1 is 1.02 bits per heavy atom. The Kier molecular flexibility index (Phi) is 7.91. The number of cyclic esters (lactones) is 1. The summed E-state index contributed by atoms with van der Waals surface area (Å²) in [5.41, 5.74) is 1.07. The number of imidazole rings is 1. The number of carbonyl (C=O) groups is 1. The highest BCUT2D eigenvalue weighted by atomic mass is 31.2. The Labute approximate surface area is 269 Å². The van der Waals surface area contributed by atoms with E-state index in [0.29, 0.717) is 11.5 Å². The number of nitrogens with one attached hydrogen (secondary N) is 1. The zero-order valence-electron chi connectivity index (χ0n) is 25.1. The molecule has 3 saturated heterocycles. The molecule has 20 nitrogen and oxygen atoms in total. The molecule has 0 spiro atoms. The molecule has 4 aromatic heterocycles. The third kappa shape index (κ3) is 5.43. The maximum absolute atomic E-state index is 13.2. The SMILES string of the molecule is O=C1OC[C@H]2O[C@@H](n3cc4c5c(ncnc53)NCCC4)C[C@@H]2OP(=O)(O)OC[C@H]2O[C@@H](n3cnc4c(=O)n(CCO)cnc43)[C@H](O1)[C@@H]2O. The molecule has 3 fully saturated rings. The standard InChI is InChI=1S/C27H31N8O12P/c36-5-4-33-11-32-24-19(25(33)38)31-12-35(24)26-21-20(37)16(45-26)9-43-48(40,41)47-14-6-17(44-15(14)8-42-27(39)46-21)34-7-13-2-1-3-28-22-18(13)23(34)30-10-29-22/h7,10-12,14-17,20-21,26,36-37H,1-6,8-9H2,(H,40,41)(H,28,29,30)/t14-,15+,16+,17+,20+,21+,26+/m0/s1. The van der Waals surface area contributed by atoms with Gasteiger partial charge in [0.15, 0.2) is 23.5 Å². The number of phosphoric ester groups is 1. The second kappa shape index (κ2) is 12.1. The third-order valence-electron chi connectivity index (χ3n) is 8.84. The maximum atomic E-state index is 13.2. The zero-order chi connectivity index (χ0) is 33.2. The van der Waals surface area contributed by atoms with Crippen LogP contribution in [-0.4, -0.2) is 112 Å². The van der Waals surface area contributed by atoms with Crippen molar-refractivity contribution in [2.24, 2.45) is 0 Å². The van der Waals surface area contributed by atoms with Gasteiger partial charge in [0, 0.05) is 19.2 Å². The van der Waals surface area contributed by atoms with Crippen molar-refractivity contribution in [1.82, 2.24) is 33.6 Å². The first-order valence-corrected chi connectivity index (χ1v) is 16.8. The molecule has 48 heavy (non-hydrogen) atoms. The largest absolute Gasteiger partial charge is 0.508 e. The fourth-order valence-electron chi connectivity index (χ4n) is 6.59. The summed E-state index contributed by atoms with van der Waals surface area (Å²) in [6.07, 6.45) is -2.03. The molecule has 256 valence electrons. The van der Waals surface area contributed by atoms with Crippen LogP contribution >= 0.6 is 7.82 Å². The van der Waals surface area contributed by atoms with Gasteiger partial charge in [-0.25, -0.2) is 29.3 Å². The molecular formula is C27H31N8O12P. The van der Waals surface area contributed by atoms with Crippen LogP contribution in [0.3, 0.4) is 0 Å². The summed E-state index contributed by atoms with van der Waals surface area (Å²) in [6.45, 7) is -0.607. The third-order valence-corrected chi connectivity index (χ3v) is 9.85. The number of aryl methyl sites for hydroxylation is 1. The van der Waals surface area contributed by atoms with Gasteiger partial charge in [-0.05, 0) is 18.4 Å². The minimum Gasteiger partial charge on any atom is -0.431 e. The fourth-order valence-corrected chi connectivity index (χ4v) is 7.55. The molecule has 8 heterocycles. The lowest BCUT2D eigenvalue weighted by Crippen LogP contribution is -2.38. The Morgan fingerprint density at radius 2 is 1.90 bits per heavy atom. The van der Waals surface area contributed by atoms with Gasteiger partial charge in [0.25, 0.3) is 5.56 Å². The van der Waals surface area contributed by atoms with Crippen LogP contribution in [0.25, 0.3) is 22.2 Å². The molecule has 0 aliphatic carbocycles. The molecule has 0 amide bonds. The number of aromatic nitrogens is 7. The molecule has 1 unspecified atom stereocenters. The van der Waals surface area contributed by atoms with Crippen molar-refractivity contribution < 1.29 is 52.5 Å². The van der Waals surface area contributed by atoms with Crippen molar-refractivity contribution >= 4 is 42.0 Å². The first-order chi connectivity index (χ1) is 23.2. The van der Waals surface area contributed by atoms with Gasteiger partial charge in [-0.2, -0.15) is 0 Å². The van der Waals surface area contributed by atoms with Crippen molar-refractivity contribution in [1.29, 1.82) is 0 Å². The minimum absolute atomic E-state index is 0.00426. The van der Waals surface area contributed by atoms with Crippen LogP contribution in [-0.2, 0) is 45.5 Å². The maximum Gasteiger partial charge on any atom is 0.508 e. The predicted molar refractivity (Wildman–Crippen MR) is 159 cm³/mol. The van der Waals surface area contributed by atoms with Crippen LogP contribution in [0.5, 0.6) is 0 Å². The number of nitrogens with zero attached hydrogens (tertiary/aromatic N) is 7. The lowest BCUT2D eigenvalue weighted by molar-refractivity contribution is -0.0852. The summed E-state index contributed by atoms with van der Waals surface area (Å²) < 4.78 is 51.4. The van der Waals surface area contributed by atoms with Crippen LogP contribution in [0.2, 0.25) is 0 Å². The summed E-state index contributed by atoms with van der Waals surface area (Å²) in [5, 5.41) is 24.5. The van der Waals surface area contributed by atoms with Gasteiger partial charge >= 0.3 is 14.0 Å². The quantitative estimate of drug-likeness (QED) is 0.162. The minimum atomic E-state index is -4.80. The van der Waals surface area contributed by atoms with Crippen molar-refractivity contribution in [3.63, 3.8) is 0 Å². The molecule has 2 bridgehead atoms. The average molecular weight is 691 g/mol. The Hall–Kier alpha value is -4.01. The van der Waals surface area contributed by atoms with Crippen LogP contribution < -0.4 is 10.9 Å². The first kappa shape index (κ1) is 31.3. The van der Waals surface area contributed by atoms with Gasteiger partial charge < -0.3 is 43.9 Å². The number of rotatable bonds is 4. The zero-order valence-corrected chi connectivity index (χ0v) is 26.0. The number of aliphatic hydroxyl groups is 2. The van der Waals surface area contributed by atoms with Gasteiger partial charge in [-0.1, -0.05) is 0 Å². The van der Waals surface area contributed by atoms with Gasteiger partial charge in [0.05, 0.1) is 31.5 Å². The van der Waals surface area contributed by atoms with E-state index in [9.17, 15) is 29.3 Å². The number of aliphatic hydroxyl groups excluding tert-OH is 2. The lowest BCUT2D eigenvalue weighted by Gasteiger charge is -2.23. The van der Waals surface area contributed by atoms with E-state index in [1.54, 1.807) is 4.57 Å². The van der Waals surface area contributed by atoms with E-state index >= 15 is 0 Å². The summed E-state index contributed by atoms with van der Waals surface area (Å²) >= 11 is 0. The molecule has 4 aliphatic heterocycles. The van der Waals surface area contributed by atoms with Crippen molar-refractivity contribution in [3.05, 3.63) is 41.1 Å². The van der Waals surface area contributed by atoms with Crippen LogP contribution in [0.1, 0.15) is 30.9 Å². The summed E-state index contributed by atoms with van der Waals surface area (Å²) in [4.78, 5) is 53.8. The van der Waals surface area contributed by atoms with E-state index in [4.69, 9.17) is 28.0 Å². The molecule has 21 heteroatoms. The van der Waals surface area contributed by atoms with Gasteiger partial charge in [-0.3, -0.25) is 23.0 Å². The number of phosphoric acid groups is 1. The molecule has 4 aliphatic rings. The van der Waals surface area contributed by atoms with Crippen LogP contribution in [0.15, 0.2) is 30.0 Å². The Balaban J connectivity index is 1.06. The molecule has 4 aromatic rings. The number of hydrogen-bond donors (Lipinski definition) is 4. The van der Waals surface area contributed by atoms with E-state index in [1.165, 1.54) is 28.1 Å². The predicted octanol–water partition coefficient (Wildman–Crippen LogP) is -0.0283. The topological polar surface area (TPSA) is 246 Å². The second-order valence-corrected chi connectivity index (χ2v) is 13.2. The van der Waals surface area contributed by atoms with E-state index in [-0.39, 0.29) is 30.7 Å². The van der Waals surface area contributed by atoms with E-state index in [0.717, 1.165) is 30.3 Å². The summed E-state index contributed by atoms with van der Waals surface area (Å²) in [5.74, 6) is 0.706. The molecule has 8 atom stereocenters. The van der Waals surface area contributed by atoms with Gasteiger partial charge in [0.1, 0.15) is 61.4 Å². The lowest BCUT2D eigenvalue weighted by atomic mass is 10.1. The van der Waals surface area contributed by atoms with Crippen molar-refractivity contribution in [2.45, 2.75) is 68.8 Å². The van der Waals surface area contributed by atoms with Crippen LogP contribution in [0.4, 0.5) is 10.6 Å². The Bertz CT molecular complexity index is 1980. The highest BCUT2D eigenvalue weighted by Gasteiger charge is 2.50. The van der Waals surface area contributed by atoms with Crippen LogP contribution in [0, 0.1) is 0 Å². The van der Waals surface area contributed by atoms with Gasteiger partial charge in [0.2, 0.25) is 0 Å².